The van der Waals surface area contributed by atoms with Crippen LogP contribution in [0, 0.1) is 0 Å². The van der Waals surface area contributed by atoms with Crippen LogP contribution in [0.3, 0.4) is 0 Å². The maximum Gasteiger partial charge on any atom is 0.441 e. The molecule has 0 amide bonds. The average molecular weight is 278 g/mol. The zero-order chi connectivity index (χ0) is 12.2. The predicted molar refractivity (Wildman–Crippen MR) is 60.0 cm³/mol. The molecule has 1 aliphatic heterocycles. The fourth-order valence-electron chi connectivity index (χ4n) is 1.56. The average Bonchev–Trinajstić information content (AvgIpc) is 2.19. The predicted octanol–water partition coefficient (Wildman–Crippen LogP) is 2.57. The molecule has 0 aliphatic carbocycles. The van der Waals surface area contributed by atoms with Crippen LogP contribution in [0.4, 0.5) is 13.2 Å². The van der Waals surface area contributed by atoms with E-state index >= 15 is 0 Å². The number of alkyl halides is 4. The quantitative estimate of drug-likeness (QED) is 0.733. The number of ether oxygens (including phenoxy) is 1. The molecule has 0 aromatic rings. The molecule has 0 N–H and O–H groups in total. The van der Waals surface area contributed by atoms with Crippen LogP contribution in [0.15, 0.2) is 0 Å². The molecule has 1 heterocycles. The fourth-order valence-corrected chi connectivity index (χ4v) is 2.30. The van der Waals surface area contributed by atoms with E-state index in [4.69, 9.17) is 16.3 Å². The smallest absolute Gasteiger partial charge is 0.374 e. The molecule has 0 bridgehead atoms. The Labute approximate surface area is 102 Å². The lowest BCUT2D eigenvalue weighted by molar-refractivity contribution is -0.0463. The summed E-state index contributed by atoms with van der Waals surface area (Å²) in [6.07, 6.45) is -0.0613. The Balaban J connectivity index is 2.28. The molecular formula is C9H15ClF3NOS. The standard InChI is InChI=1S/C9H15ClF3NOS/c1-7-6-15-8(4-10)5-14(7)2-3-16-9(11,12)13/h7-8H,2-6H2,1H3. The van der Waals surface area contributed by atoms with Crippen molar-refractivity contribution in [1.29, 1.82) is 0 Å². The second kappa shape index (κ2) is 6.33. The summed E-state index contributed by atoms with van der Waals surface area (Å²) in [5.74, 6) is 0.443. The number of halogens is 4. The first-order valence-electron chi connectivity index (χ1n) is 5.04. The van der Waals surface area contributed by atoms with Crippen molar-refractivity contribution >= 4 is 23.4 Å². The molecule has 2 nitrogen and oxygen atoms in total. The maximum atomic E-state index is 11.9. The first-order chi connectivity index (χ1) is 7.42. The molecule has 2 atom stereocenters. The zero-order valence-electron chi connectivity index (χ0n) is 8.97. The van der Waals surface area contributed by atoms with Gasteiger partial charge in [-0.1, -0.05) is 0 Å². The van der Waals surface area contributed by atoms with Crippen molar-refractivity contribution in [3.63, 3.8) is 0 Å². The normalized spacial score (nSPS) is 28.3. The SMILES string of the molecule is CC1COC(CCl)CN1CCSC(F)(F)F. The van der Waals surface area contributed by atoms with Crippen LogP contribution in [0.1, 0.15) is 6.92 Å². The molecule has 0 aromatic heterocycles. The zero-order valence-corrected chi connectivity index (χ0v) is 10.5. The molecule has 0 saturated carbocycles. The van der Waals surface area contributed by atoms with Crippen LogP contribution in [0.2, 0.25) is 0 Å². The minimum absolute atomic E-state index is 0.0226. The van der Waals surface area contributed by atoms with Crippen LogP contribution in [-0.2, 0) is 4.74 Å². The number of nitrogens with zero attached hydrogens (tertiary/aromatic N) is 1. The highest BCUT2D eigenvalue weighted by Crippen LogP contribution is 2.30. The van der Waals surface area contributed by atoms with Crippen LogP contribution in [0.25, 0.3) is 0 Å². The molecule has 0 aromatic carbocycles. The van der Waals surface area contributed by atoms with E-state index < -0.39 is 5.51 Å². The monoisotopic (exact) mass is 277 g/mol. The van der Waals surface area contributed by atoms with Gasteiger partial charge in [0.15, 0.2) is 0 Å². The van der Waals surface area contributed by atoms with Crippen molar-refractivity contribution in [3.05, 3.63) is 0 Å². The molecule has 2 unspecified atom stereocenters. The molecule has 1 fully saturated rings. The van der Waals surface area contributed by atoms with E-state index in [0.717, 1.165) is 0 Å². The summed E-state index contributed by atoms with van der Waals surface area (Å²) in [7, 11) is 0. The van der Waals surface area contributed by atoms with E-state index in [0.29, 0.717) is 25.6 Å². The summed E-state index contributed by atoms with van der Waals surface area (Å²) in [6.45, 7) is 3.52. The molecule has 0 radical (unpaired) electrons. The maximum absolute atomic E-state index is 11.9. The number of hydrogen-bond acceptors (Lipinski definition) is 3. The van der Waals surface area contributed by atoms with Crippen molar-refractivity contribution in [3.8, 4) is 0 Å². The molecule has 1 rings (SSSR count). The second-order valence-corrected chi connectivity index (χ2v) is 5.22. The van der Waals surface area contributed by atoms with Gasteiger partial charge in [0.05, 0.1) is 12.7 Å². The highest BCUT2D eigenvalue weighted by atomic mass is 35.5. The van der Waals surface area contributed by atoms with Crippen LogP contribution in [-0.4, -0.2) is 53.9 Å². The minimum atomic E-state index is -4.14. The largest absolute Gasteiger partial charge is 0.441 e. The number of rotatable bonds is 4. The van der Waals surface area contributed by atoms with Crippen LogP contribution >= 0.6 is 23.4 Å². The summed E-state index contributed by atoms with van der Waals surface area (Å²) >= 11 is 5.69. The first kappa shape index (κ1) is 14.4. The topological polar surface area (TPSA) is 12.5 Å². The van der Waals surface area contributed by atoms with Gasteiger partial charge in [0.1, 0.15) is 0 Å². The fraction of sp³-hybridized carbons (Fsp3) is 1.00. The molecule has 7 heteroatoms. The summed E-state index contributed by atoms with van der Waals surface area (Å²) in [6, 6.07) is 0.160. The lowest BCUT2D eigenvalue weighted by Crippen LogP contribution is -2.49. The van der Waals surface area contributed by atoms with E-state index in [2.05, 4.69) is 0 Å². The number of morpholine rings is 1. The molecule has 96 valence electrons. The van der Waals surface area contributed by atoms with Gasteiger partial charge in [-0.25, -0.2) is 0 Å². The Morgan fingerprint density at radius 1 is 1.50 bits per heavy atom. The highest BCUT2D eigenvalue weighted by Gasteiger charge is 2.30. The van der Waals surface area contributed by atoms with E-state index in [9.17, 15) is 13.2 Å². The third kappa shape index (κ3) is 5.12. The Morgan fingerprint density at radius 2 is 2.19 bits per heavy atom. The first-order valence-corrected chi connectivity index (χ1v) is 6.56. The minimum Gasteiger partial charge on any atom is -0.374 e. The van der Waals surface area contributed by atoms with E-state index in [1.54, 1.807) is 0 Å². The van der Waals surface area contributed by atoms with E-state index in [1.165, 1.54) is 0 Å². The molecule has 0 spiro atoms. The van der Waals surface area contributed by atoms with Gasteiger partial charge < -0.3 is 4.74 Å². The molecule has 1 saturated heterocycles. The summed E-state index contributed by atoms with van der Waals surface area (Å²) < 4.78 is 41.3. The van der Waals surface area contributed by atoms with Crippen molar-refractivity contribution in [1.82, 2.24) is 4.90 Å². The third-order valence-corrected chi connectivity index (χ3v) is 3.51. The molecular weight excluding hydrogens is 263 g/mol. The van der Waals surface area contributed by atoms with Gasteiger partial charge in [-0.05, 0) is 18.7 Å². The Hall–Kier alpha value is 0.350. The van der Waals surface area contributed by atoms with Gasteiger partial charge in [0, 0.05) is 30.8 Å². The van der Waals surface area contributed by atoms with E-state index in [-0.39, 0.29) is 29.7 Å². The van der Waals surface area contributed by atoms with Gasteiger partial charge in [0.2, 0.25) is 0 Å². The van der Waals surface area contributed by atoms with Crippen molar-refractivity contribution in [2.45, 2.75) is 24.6 Å². The lowest BCUT2D eigenvalue weighted by Gasteiger charge is -2.37. The summed E-state index contributed by atoms with van der Waals surface area (Å²) in [5, 5.41) is 0. The number of hydrogen-bond donors (Lipinski definition) is 0. The molecule has 1 aliphatic rings. The van der Waals surface area contributed by atoms with Crippen LogP contribution < -0.4 is 0 Å². The van der Waals surface area contributed by atoms with E-state index in [1.807, 2.05) is 11.8 Å². The van der Waals surface area contributed by atoms with Gasteiger partial charge in [-0.3, -0.25) is 4.90 Å². The summed E-state index contributed by atoms with van der Waals surface area (Å²) in [5.41, 5.74) is -4.14. The molecule has 16 heavy (non-hydrogen) atoms. The van der Waals surface area contributed by atoms with Gasteiger partial charge in [0.25, 0.3) is 0 Å². The van der Waals surface area contributed by atoms with Gasteiger partial charge in [-0.2, -0.15) is 13.2 Å². The van der Waals surface area contributed by atoms with Crippen molar-refractivity contribution in [2.24, 2.45) is 0 Å². The highest BCUT2D eigenvalue weighted by molar-refractivity contribution is 8.00. The van der Waals surface area contributed by atoms with Gasteiger partial charge in [-0.15, -0.1) is 11.6 Å². The van der Waals surface area contributed by atoms with Crippen molar-refractivity contribution in [2.75, 3.05) is 31.3 Å². The van der Waals surface area contributed by atoms with Gasteiger partial charge >= 0.3 is 5.51 Å². The Kier molecular flexibility index (Phi) is 5.70. The lowest BCUT2D eigenvalue weighted by atomic mass is 10.2. The summed E-state index contributed by atoms with van der Waals surface area (Å²) in [4.78, 5) is 2.00. The Bertz CT molecular complexity index is 217. The van der Waals surface area contributed by atoms with Crippen molar-refractivity contribution < 1.29 is 17.9 Å². The Morgan fingerprint density at radius 3 is 2.75 bits per heavy atom. The second-order valence-electron chi connectivity index (χ2n) is 3.75. The number of thioether (sulfide) groups is 1. The third-order valence-electron chi connectivity index (χ3n) is 2.45. The van der Waals surface area contributed by atoms with Crippen LogP contribution in [0.5, 0.6) is 0 Å².